The van der Waals surface area contributed by atoms with Gasteiger partial charge in [-0.25, -0.2) is 13.2 Å². The van der Waals surface area contributed by atoms with E-state index in [1.807, 2.05) is 0 Å². The maximum atomic E-state index is 12.4. The van der Waals surface area contributed by atoms with E-state index < -0.39 is 16.0 Å². The van der Waals surface area contributed by atoms with Crippen LogP contribution in [0, 0.1) is 0 Å². The van der Waals surface area contributed by atoms with Gasteiger partial charge >= 0.3 is 5.97 Å². The highest BCUT2D eigenvalue weighted by Gasteiger charge is 2.21. The molecule has 9 nitrogen and oxygen atoms in total. The van der Waals surface area contributed by atoms with Crippen molar-refractivity contribution in [3.8, 4) is 11.5 Å². The van der Waals surface area contributed by atoms with Gasteiger partial charge in [-0.3, -0.25) is 9.10 Å². The van der Waals surface area contributed by atoms with Gasteiger partial charge in [0.05, 0.1) is 29.1 Å². The van der Waals surface area contributed by atoms with Crippen molar-refractivity contribution in [2.75, 3.05) is 35.8 Å². The number of amides is 1. The molecular weight excluding hydrogens is 460 g/mol. The number of benzene rings is 2. The first-order valence-electron chi connectivity index (χ1n) is 9.83. The summed E-state index contributed by atoms with van der Waals surface area (Å²) < 4.78 is 41.3. The van der Waals surface area contributed by atoms with E-state index in [-0.39, 0.29) is 49.3 Å². The van der Waals surface area contributed by atoms with Crippen LogP contribution in [-0.4, -0.2) is 46.5 Å². The molecule has 172 valence electrons. The SMILES string of the molecule is CCOC(=O)c1cc(NC(=O)CCCN(c2ccc3c(c2)OCO3)S(C)(=O)=O)ccc1Cl. The number of carbonyl (C=O) groups excluding carboxylic acids is 2. The van der Waals surface area contributed by atoms with Crippen molar-refractivity contribution >= 4 is 44.9 Å². The lowest BCUT2D eigenvalue weighted by molar-refractivity contribution is -0.116. The first-order valence-corrected chi connectivity index (χ1v) is 12.1. The molecule has 0 bridgehead atoms. The quantitative estimate of drug-likeness (QED) is 0.545. The normalized spacial score (nSPS) is 12.3. The van der Waals surface area contributed by atoms with Crippen molar-refractivity contribution in [3.05, 3.63) is 47.0 Å². The first-order chi connectivity index (χ1) is 15.2. The minimum Gasteiger partial charge on any atom is -0.462 e. The summed E-state index contributed by atoms with van der Waals surface area (Å²) in [5.74, 6) is 0.100. The highest BCUT2D eigenvalue weighted by molar-refractivity contribution is 7.92. The van der Waals surface area contributed by atoms with Gasteiger partial charge in [-0.05, 0) is 43.7 Å². The van der Waals surface area contributed by atoms with Crippen LogP contribution >= 0.6 is 11.6 Å². The number of carbonyl (C=O) groups is 2. The number of nitrogens with one attached hydrogen (secondary N) is 1. The second kappa shape index (κ2) is 10.1. The van der Waals surface area contributed by atoms with E-state index in [9.17, 15) is 18.0 Å². The fourth-order valence-electron chi connectivity index (χ4n) is 3.10. The number of nitrogens with zero attached hydrogens (tertiary/aromatic N) is 1. The molecule has 32 heavy (non-hydrogen) atoms. The van der Waals surface area contributed by atoms with E-state index in [4.69, 9.17) is 25.8 Å². The zero-order chi connectivity index (χ0) is 23.3. The summed E-state index contributed by atoms with van der Waals surface area (Å²) in [6, 6.07) is 9.36. The molecule has 0 radical (unpaired) electrons. The van der Waals surface area contributed by atoms with E-state index in [0.29, 0.717) is 22.9 Å². The number of rotatable bonds is 9. The summed E-state index contributed by atoms with van der Waals surface area (Å²) >= 11 is 6.03. The van der Waals surface area contributed by atoms with Crippen LogP contribution in [-0.2, 0) is 19.6 Å². The van der Waals surface area contributed by atoms with Gasteiger partial charge < -0.3 is 19.5 Å². The summed E-state index contributed by atoms with van der Waals surface area (Å²) in [6.45, 7) is 2.06. The lowest BCUT2D eigenvalue weighted by Gasteiger charge is -2.22. The number of sulfonamides is 1. The zero-order valence-electron chi connectivity index (χ0n) is 17.6. The van der Waals surface area contributed by atoms with Gasteiger partial charge in [0.25, 0.3) is 0 Å². The Morgan fingerprint density at radius 1 is 1.16 bits per heavy atom. The summed E-state index contributed by atoms with van der Waals surface area (Å²) in [5, 5.41) is 2.90. The molecule has 0 spiro atoms. The first kappa shape index (κ1) is 23.7. The van der Waals surface area contributed by atoms with Crippen LogP contribution in [0.2, 0.25) is 5.02 Å². The van der Waals surface area contributed by atoms with Crippen LogP contribution in [0.4, 0.5) is 11.4 Å². The van der Waals surface area contributed by atoms with Gasteiger partial charge in [0.15, 0.2) is 11.5 Å². The standard InChI is InChI=1S/C21H23ClN2O7S/c1-3-29-21(26)16-11-14(6-8-17(16)22)23-20(25)5-4-10-24(32(2,27)28)15-7-9-18-19(12-15)31-13-30-18/h6-9,11-12H,3-5,10,13H2,1-2H3,(H,23,25). The van der Waals surface area contributed by atoms with E-state index in [1.165, 1.54) is 16.4 Å². The minimum atomic E-state index is -3.58. The van der Waals surface area contributed by atoms with Gasteiger partial charge in [-0.15, -0.1) is 0 Å². The molecule has 1 amide bonds. The highest BCUT2D eigenvalue weighted by atomic mass is 35.5. The maximum absolute atomic E-state index is 12.4. The lowest BCUT2D eigenvalue weighted by Crippen LogP contribution is -2.31. The van der Waals surface area contributed by atoms with E-state index in [0.717, 1.165) is 6.26 Å². The third kappa shape index (κ3) is 5.83. The average Bonchev–Trinajstić information content (AvgIpc) is 3.19. The molecule has 3 rings (SSSR count). The summed E-state index contributed by atoms with van der Waals surface area (Å²) in [6.07, 6.45) is 1.43. The lowest BCUT2D eigenvalue weighted by atomic mass is 10.2. The number of ether oxygens (including phenoxy) is 3. The Hall–Kier alpha value is -2.98. The number of fused-ring (bicyclic) bond motifs is 1. The molecule has 0 aromatic heterocycles. The average molecular weight is 483 g/mol. The van der Waals surface area contributed by atoms with Crippen LogP contribution < -0.4 is 19.1 Å². The van der Waals surface area contributed by atoms with Crippen LogP contribution in [0.5, 0.6) is 11.5 Å². The molecule has 1 aliphatic heterocycles. The molecule has 0 saturated heterocycles. The number of esters is 1. The van der Waals surface area contributed by atoms with E-state index in [2.05, 4.69) is 5.32 Å². The maximum Gasteiger partial charge on any atom is 0.339 e. The third-order valence-electron chi connectivity index (χ3n) is 4.55. The molecule has 11 heteroatoms. The molecular formula is C21H23ClN2O7S. The van der Waals surface area contributed by atoms with Gasteiger partial charge in [0, 0.05) is 24.7 Å². The van der Waals surface area contributed by atoms with Gasteiger partial charge in [0.2, 0.25) is 22.7 Å². The molecule has 2 aromatic carbocycles. The van der Waals surface area contributed by atoms with E-state index in [1.54, 1.807) is 31.2 Å². The molecule has 0 saturated carbocycles. The van der Waals surface area contributed by atoms with Crippen molar-refractivity contribution in [1.82, 2.24) is 0 Å². The smallest absolute Gasteiger partial charge is 0.339 e. The van der Waals surface area contributed by atoms with Crippen LogP contribution in [0.1, 0.15) is 30.1 Å². The Morgan fingerprint density at radius 3 is 2.62 bits per heavy atom. The second-order valence-electron chi connectivity index (χ2n) is 6.94. The number of halogens is 1. The van der Waals surface area contributed by atoms with Crippen molar-refractivity contribution < 1.29 is 32.2 Å². The van der Waals surface area contributed by atoms with Gasteiger partial charge in [-0.2, -0.15) is 0 Å². The Kier molecular flexibility index (Phi) is 7.47. The largest absolute Gasteiger partial charge is 0.462 e. The van der Waals surface area contributed by atoms with Crippen LogP contribution in [0.3, 0.4) is 0 Å². The zero-order valence-corrected chi connectivity index (χ0v) is 19.2. The predicted octanol–water partition coefficient (Wildman–Crippen LogP) is 3.43. The monoisotopic (exact) mass is 482 g/mol. The Bertz CT molecular complexity index is 1120. The summed E-state index contributed by atoms with van der Waals surface area (Å²) in [7, 11) is -3.58. The van der Waals surface area contributed by atoms with Gasteiger partial charge in [0.1, 0.15) is 0 Å². The molecule has 2 aromatic rings. The van der Waals surface area contributed by atoms with Crippen molar-refractivity contribution in [2.45, 2.75) is 19.8 Å². The van der Waals surface area contributed by atoms with E-state index >= 15 is 0 Å². The predicted molar refractivity (Wildman–Crippen MR) is 120 cm³/mol. The fourth-order valence-corrected chi connectivity index (χ4v) is 4.25. The van der Waals surface area contributed by atoms with Crippen molar-refractivity contribution in [2.24, 2.45) is 0 Å². The topological polar surface area (TPSA) is 111 Å². The molecule has 1 N–H and O–H groups in total. The Morgan fingerprint density at radius 2 is 1.91 bits per heavy atom. The second-order valence-corrected chi connectivity index (χ2v) is 9.25. The Balaban J connectivity index is 1.61. The third-order valence-corrected chi connectivity index (χ3v) is 6.08. The number of anilines is 2. The van der Waals surface area contributed by atoms with Crippen LogP contribution in [0.25, 0.3) is 0 Å². The van der Waals surface area contributed by atoms with Crippen molar-refractivity contribution in [3.63, 3.8) is 0 Å². The number of hydrogen-bond donors (Lipinski definition) is 1. The molecule has 1 heterocycles. The van der Waals surface area contributed by atoms with Crippen molar-refractivity contribution in [1.29, 1.82) is 0 Å². The summed E-state index contributed by atoms with van der Waals surface area (Å²) in [5.41, 5.74) is 0.963. The molecule has 0 atom stereocenters. The number of hydrogen-bond acceptors (Lipinski definition) is 7. The summed E-state index contributed by atoms with van der Waals surface area (Å²) in [4.78, 5) is 24.3. The molecule has 0 fully saturated rings. The van der Waals surface area contributed by atoms with Crippen LogP contribution in [0.15, 0.2) is 36.4 Å². The Labute approximate surface area is 191 Å². The van der Waals surface area contributed by atoms with Gasteiger partial charge in [-0.1, -0.05) is 11.6 Å². The molecule has 0 aliphatic carbocycles. The minimum absolute atomic E-state index is 0.0634. The fraction of sp³-hybridized carbons (Fsp3) is 0.333. The molecule has 0 unspecified atom stereocenters. The molecule has 1 aliphatic rings. The highest BCUT2D eigenvalue weighted by Crippen LogP contribution is 2.36.